The van der Waals surface area contributed by atoms with Crippen molar-refractivity contribution in [2.75, 3.05) is 26.7 Å². The van der Waals surface area contributed by atoms with E-state index in [-0.39, 0.29) is 11.8 Å². The van der Waals surface area contributed by atoms with E-state index in [0.717, 1.165) is 16.9 Å². The first kappa shape index (κ1) is 23.0. The van der Waals surface area contributed by atoms with Crippen LogP contribution in [-0.2, 0) is 21.4 Å². The van der Waals surface area contributed by atoms with Crippen LogP contribution in [0, 0.1) is 5.92 Å². The van der Waals surface area contributed by atoms with Gasteiger partial charge in [-0.1, -0.05) is 42.5 Å². The van der Waals surface area contributed by atoms with E-state index < -0.39 is 10.0 Å². The fourth-order valence-electron chi connectivity index (χ4n) is 3.69. The Kier molecular flexibility index (Phi) is 7.87. The average Bonchev–Trinajstić information content (AvgIpc) is 2.79. The van der Waals surface area contributed by atoms with Gasteiger partial charge in [-0.25, -0.2) is 8.42 Å². The molecular weight excluding hydrogens is 412 g/mol. The quantitative estimate of drug-likeness (QED) is 0.624. The second-order valence-corrected chi connectivity index (χ2v) is 9.52. The number of sulfonamides is 1. The highest BCUT2D eigenvalue weighted by atomic mass is 32.2. The molecule has 0 bridgehead atoms. The first-order valence-corrected chi connectivity index (χ1v) is 12.1. The lowest BCUT2D eigenvalue weighted by molar-refractivity contribution is -0.135. The fraction of sp³-hybridized carbons (Fsp3) is 0.375. The molecule has 3 rings (SSSR count). The molecule has 0 unspecified atom stereocenters. The minimum atomic E-state index is -3.49. The average molecular weight is 443 g/mol. The number of ether oxygens (including phenoxy) is 1. The van der Waals surface area contributed by atoms with Crippen LogP contribution in [0.25, 0.3) is 6.08 Å². The monoisotopic (exact) mass is 442 g/mol. The highest BCUT2D eigenvalue weighted by molar-refractivity contribution is 7.92. The number of amides is 1. The lowest BCUT2D eigenvalue weighted by Gasteiger charge is -2.32. The Balaban J connectivity index is 1.52. The van der Waals surface area contributed by atoms with E-state index in [0.29, 0.717) is 39.1 Å². The molecule has 1 amide bonds. The van der Waals surface area contributed by atoms with E-state index in [4.69, 9.17) is 4.74 Å². The van der Waals surface area contributed by atoms with Crippen molar-refractivity contribution < 1.29 is 17.9 Å². The van der Waals surface area contributed by atoms with Crippen LogP contribution in [0.3, 0.4) is 0 Å². The van der Waals surface area contributed by atoms with Gasteiger partial charge in [0, 0.05) is 38.0 Å². The first-order valence-electron chi connectivity index (χ1n) is 10.6. The SMILES string of the molecule is CCOc1ccc(CN(C)C(=O)C2CCN(S(=O)(=O)/C=C/c3ccccc3)CC2)cc1. The van der Waals surface area contributed by atoms with Crippen molar-refractivity contribution >= 4 is 22.0 Å². The Labute approximate surface area is 185 Å². The standard InChI is InChI=1S/C24H30N2O4S/c1-3-30-23-11-9-21(10-12-23)19-25(2)24(27)22-13-16-26(17-14-22)31(28,29)18-15-20-7-5-4-6-8-20/h4-12,15,18,22H,3,13-14,16-17,19H2,1-2H3/b18-15+. The third-order valence-electron chi connectivity index (χ3n) is 5.43. The summed E-state index contributed by atoms with van der Waals surface area (Å²) in [6, 6.07) is 17.1. The van der Waals surface area contributed by atoms with Crippen molar-refractivity contribution in [1.29, 1.82) is 0 Å². The van der Waals surface area contributed by atoms with E-state index in [1.165, 1.54) is 9.71 Å². The molecule has 0 aromatic heterocycles. The normalized spacial score (nSPS) is 15.8. The Morgan fingerprint density at radius 1 is 1.10 bits per heavy atom. The molecule has 2 aromatic carbocycles. The van der Waals surface area contributed by atoms with Crippen LogP contribution >= 0.6 is 0 Å². The lowest BCUT2D eigenvalue weighted by Crippen LogP contribution is -2.42. The van der Waals surface area contributed by atoms with Gasteiger partial charge in [-0.15, -0.1) is 0 Å². The summed E-state index contributed by atoms with van der Waals surface area (Å²) in [4.78, 5) is 14.6. The lowest BCUT2D eigenvalue weighted by atomic mass is 9.96. The van der Waals surface area contributed by atoms with Gasteiger partial charge < -0.3 is 9.64 Å². The van der Waals surface area contributed by atoms with Crippen LogP contribution in [-0.4, -0.2) is 50.3 Å². The molecule has 1 heterocycles. The molecule has 6 nitrogen and oxygen atoms in total. The maximum absolute atomic E-state index is 12.9. The van der Waals surface area contributed by atoms with Gasteiger partial charge in [-0.2, -0.15) is 4.31 Å². The third-order valence-corrected chi connectivity index (χ3v) is 6.99. The summed E-state index contributed by atoms with van der Waals surface area (Å²) < 4.78 is 32.1. The molecule has 31 heavy (non-hydrogen) atoms. The zero-order valence-corrected chi connectivity index (χ0v) is 18.9. The molecule has 166 valence electrons. The predicted molar refractivity (Wildman–Crippen MR) is 123 cm³/mol. The van der Waals surface area contributed by atoms with Crippen LogP contribution in [0.2, 0.25) is 0 Å². The molecule has 1 fully saturated rings. The topological polar surface area (TPSA) is 66.9 Å². The van der Waals surface area contributed by atoms with Crippen LogP contribution in [0.15, 0.2) is 60.0 Å². The van der Waals surface area contributed by atoms with Gasteiger partial charge in [-0.05, 0) is 49.1 Å². The second-order valence-electron chi connectivity index (χ2n) is 7.70. The van der Waals surface area contributed by atoms with Crippen LogP contribution in [0.4, 0.5) is 0 Å². The molecule has 0 aliphatic carbocycles. The largest absolute Gasteiger partial charge is 0.494 e. The minimum absolute atomic E-state index is 0.0609. The Hall–Kier alpha value is -2.64. The smallest absolute Gasteiger partial charge is 0.236 e. The number of piperidine rings is 1. The number of hydrogen-bond acceptors (Lipinski definition) is 4. The van der Waals surface area contributed by atoms with E-state index in [9.17, 15) is 13.2 Å². The first-order chi connectivity index (χ1) is 14.9. The van der Waals surface area contributed by atoms with Crippen LogP contribution < -0.4 is 4.74 Å². The number of nitrogens with zero attached hydrogens (tertiary/aromatic N) is 2. The molecule has 1 aliphatic heterocycles. The number of carbonyl (C=O) groups is 1. The van der Waals surface area contributed by atoms with Crippen molar-refractivity contribution in [3.8, 4) is 5.75 Å². The minimum Gasteiger partial charge on any atom is -0.494 e. The van der Waals surface area contributed by atoms with Crippen molar-refractivity contribution in [2.24, 2.45) is 5.92 Å². The van der Waals surface area contributed by atoms with Gasteiger partial charge in [0.1, 0.15) is 5.75 Å². The molecule has 0 N–H and O–H groups in total. The van der Waals surface area contributed by atoms with Crippen LogP contribution in [0.1, 0.15) is 30.9 Å². The Morgan fingerprint density at radius 2 is 1.74 bits per heavy atom. The van der Waals surface area contributed by atoms with E-state index in [2.05, 4.69) is 0 Å². The van der Waals surface area contributed by atoms with Gasteiger partial charge >= 0.3 is 0 Å². The van der Waals surface area contributed by atoms with Crippen LogP contribution in [0.5, 0.6) is 5.75 Å². The van der Waals surface area contributed by atoms with E-state index in [1.54, 1.807) is 18.0 Å². The summed E-state index contributed by atoms with van der Waals surface area (Å²) in [5.41, 5.74) is 1.87. The molecular formula is C24H30N2O4S. The van der Waals surface area contributed by atoms with Gasteiger partial charge in [0.15, 0.2) is 0 Å². The maximum atomic E-state index is 12.9. The fourth-order valence-corrected chi connectivity index (χ4v) is 4.91. The van der Waals surface area contributed by atoms with E-state index in [1.807, 2.05) is 61.5 Å². The molecule has 0 spiro atoms. The summed E-state index contributed by atoms with van der Waals surface area (Å²) in [6.45, 7) is 3.79. The highest BCUT2D eigenvalue weighted by Crippen LogP contribution is 2.23. The zero-order chi connectivity index (χ0) is 22.3. The number of hydrogen-bond donors (Lipinski definition) is 0. The summed E-state index contributed by atoms with van der Waals surface area (Å²) in [5.74, 6) is 0.720. The van der Waals surface area contributed by atoms with Crippen molar-refractivity contribution in [2.45, 2.75) is 26.3 Å². The predicted octanol–water partition coefficient (Wildman–Crippen LogP) is 3.76. The second kappa shape index (κ2) is 10.6. The summed E-state index contributed by atoms with van der Waals surface area (Å²) in [7, 11) is -1.70. The molecule has 0 atom stereocenters. The maximum Gasteiger partial charge on any atom is 0.236 e. The molecule has 0 radical (unpaired) electrons. The molecule has 1 aliphatic rings. The summed E-state index contributed by atoms with van der Waals surface area (Å²) >= 11 is 0. The highest BCUT2D eigenvalue weighted by Gasteiger charge is 2.31. The van der Waals surface area contributed by atoms with Crippen molar-refractivity contribution in [3.63, 3.8) is 0 Å². The van der Waals surface area contributed by atoms with Crippen molar-refractivity contribution in [1.82, 2.24) is 9.21 Å². The van der Waals surface area contributed by atoms with Gasteiger partial charge in [-0.3, -0.25) is 4.79 Å². The zero-order valence-electron chi connectivity index (χ0n) is 18.1. The third kappa shape index (κ3) is 6.42. The number of rotatable bonds is 8. The van der Waals surface area contributed by atoms with E-state index >= 15 is 0 Å². The molecule has 1 saturated heterocycles. The number of carbonyl (C=O) groups excluding carboxylic acids is 1. The Morgan fingerprint density at radius 3 is 2.35 bits per heavy atom. The van der Waals surface area contributed by atoms with Gasteiger partial charge in [0.2, 0.25) is 15.9 Å². The Bertz CT molecular complexity index is 980. The number of benzene rings is 2. The van der Waals surface area contributed by atoms with Gasteiger partial charge in [0.05, 0.1) is 6.61 Å². The summed E-state index contributed by atoms with van der Waals surface area (Å²) in [6.07, 6.45) is 2.67. The van der Waals surface area contributed by atoms with Gasteiger partial charge in [0.25, 0.3) is 0 Å². The molecule has 0 saturated carbocycles. The molecule has 7 heteroatoms. The van der Waals surface area contributed by atoms with Crippen molar-refractivity contribution in [3.05, 3.63) is 71.1 Å². The molecule has 2 aromatic rings. The summed E-state index contributed by atoms with van der Waals surface area (Å²) in [5, 5.41) is 1.25.